The van der Waals surface area contributed by atoms with Crippen LogP contribution in [0.15, 0.2) is 36.5 Å². The molecule has 0 bridgehead atoms. The van der Waals surface area contributed by atoms with Crippen molar-refractivity contribution >= 4 is 5.91 Å². The highest BCUT2D eigenvalue weighted by molar-refractivity contribution is 5.96. The van der Waals surface area contributed by atoms with Gasteiger partial charge < -0.3 is 10.4 Å². The van der Waals surface area contributed by atoms with Gasteiger partial charge in [0, 0.05) is 18.4 Å². The molecule has 0 saturated carbocycles. The van der Waals surface area contributed by atoms with Crippen LogP contribution >= 0.6 is 0 Å². The van der Waals surface area contributed by atoms with Crippen LogP contribution in [-0.4, -0.2) is 16.0 Å². The molecule has 0 aliphatic carbocycles. The Balaban J connectivity index is 2.05. The van der Waals surface area contributed by atoms with Gasteiger partial charge in [-0.2, -0.15) is 0 Å². The zero-order chi connectivity index (χ0) is 13.8. The summed E-state index contributed by atoms with van der Waals surface area (Å²) in [6, 6.07) is 8.76. The summed E-state index contributed by atoms with van der Waals surface area (Å²) in [5.41, 5.74) is 3.08. The number of hydrogen-bond donors (Lipinski definition) is 2. The first-order valence-corrected chi connectivity index (χ1v) is 6.05. The van der Waals surface area contributed by atoms with Gasteiger partial charge in [-0.1, -0.05) is 17.7 Å². The molecule has 1 amide bonds. The molecular weight excluding hydrogens is 240 g/mol. The predicted octanol–water partition coefficient (Wildman–Crippen LogP) is 2.33. The first-order chi connectivity index (χ1) is 9.06. The van der Waals surface area contributed by atoms with Gasteiger partial charge in [0.25, 0.3) is 5.91 Å². The van der Waals surface area contributed by atoms with Gasteiger partial charge in [-0.05, 0) is 37.6 Å². The van der Waals surface area contributed by atoms with E-state index >= 15 is 0 Å². The SMILES string of the molecule is Cc1ccc(O)c(C(=O)NCc2ccc(C)nc2)c1. The Morgan fingerprint density at radius 1 is 1.26 bits per heavy atom. The summed E-state index contributed by atoms with van der Waals surface area (Å²) in [6.45, 7) is 4.17. The van der Waals surface area contributed by atoms with Gasteiger partial charge in [0.05, 0.1) is 5.56 Å². The number of phenols is 1. The maximum Gasteiger partial charge on any atom is 0.255 e. The summed E-state index contributed by atoms with van der Waals surface area (Å²) in [5, 5.41) is 12.4. The second kappa shape index (κ2) is 5.52. The van der Waals surface area contributed by atoms with Crippen molar-refractivity contribution in [2.24, 2.45) is 0 Å². The number of aromatic hydroxyl groups is 1. The lowest BCUT2D eigenvalue weighted by molar-refractivity contribution is 0.0948. The second-order valence-electron chi connectivity index (χ2n) is 4.51. The van der Waals surface area contributed by atoms with E-state index in [1.165, 1.54) is 6.07 Å². The van der Waals surface area contributed by atoms with Crippen LogP contribution in [0, 0.1) is 13.8 Å². The number of aryl methyl sites for hydroxylation is 2. The molecule has 0 spiro atoms. The molecule has 0 radical (unpaired) electrons. The Hall–Kier alpha value is -2.36. The van der Waals surface area contributed by atoms with E-state index in [-0.39, 0.29) is 11.7 Å². The molecule has 2 aromatic rings. The molecule has 1 aromatic carbocycles. The summed E-state index contributed by atoms with van der Waals surface area (Å²) >= 11 is 0. The Bertz CT molecular complexity index is 592. The van der Waals surface area contributed by atoms with Crippen LogP contribution in [0.2, 0.25) is 0 Å². The van der Waals surface area contributed by atoms with Crippen molar-refractivity contribution in [1.82, 2.24) is 10.3 Å². The van der Waals surface area contributed by atoms with Crippen molar-refractivity contribution in [2.45, 2.75) is 20.4 Å². The molecule has 2 N–H and O–H groups in total. The van der Waals surface area contributed by atoms with E-state index in [4.69, 9.17) is 0 Å². The second-order valence-corrected chi connectivity index (χ2v) is 4.51. The van der Waals surface area contributed by atoms with Gasteiger partial charge in [0.2, 0.25) is 0 Å². The van der Waals surface area contributed by atoms with Crippen LogP contribution < -0.4 is 5.32 Å². The first-order valence-electron chi connectivity index (χ1n) is 6.05. The number of phenolic OH excluding ortho intramolecular Hbond substituents is 1. The lowest BCUT2D eigenvalue weighted by atomic mass is 10.1. The first kappa shape index (κ1) is 13.1. The Labute approximate surface area is 112 Å². The molecule has 0 aliphatic rings. The van der Waals surface area contributed by atoms with E-state index in [1.54, 1.807) is 18.3 Å². The van der Waals surface area contributed by atoms with E-state index in [9.17, 15) is 9.90 Å². The standard InChI is InChI=1S/C15H16N2O2/c1-10-3-6-14(18)13(7-10)15(19)17-9-12-5-4-11(2)16-8-12/h3-8,18H,9H2,1-2H3,(H,17,19). The number of nitrogens with zero attached hydrogens (tertiary/aromatic N) is 1. The van der Waals surface area contributed by atoms with E-state index in [0.717, 1.165) is 16.8 Å². The molecule has 1 aromatic heterocycles. The molecule has 0 aliphatic heterocycles. The van der Waals surface area contributed by atoms with E-state index in [1.807, 2.05) is 26.0 Å². The fourth-order valence-corrected chi connectivity index (χ4v) is 1.71. The normalized spacial score (nSPS) is 10.2. The summed E-state index contributed by atoms with van der Waals surface area (Å²) in [6.07, 6.45) is 1.73. The smallest absolute Gasteiger partial charge is 0.255 e. The average Bonchev–Trinajstić information content (AvgIpc) is 2.40. The monoisotopic (exact) mass is 256 g/mol. The number of aromatic nitrogens is 1. The van der Waals surface area contributed by atoms with Crippen molar-refractivity contribution in [2.75, 3.05) is 0 Å². The minimum atomic E-state index is -0.290. The molecular formula is C15H16N2O2. The Morgan fingerprint density at radius 2 is 2.05 bits per heavy atom. The zero-order valence-corrected chi connectivity index (χ0v) is 11.0. The van der Waals surface area contributed by atoms with E-state index < -0.39 is 0 Å². The number of hydrogen-bond acceptors (Lipinski definition) is 3. The van der Waals surface area contributed by atoms with Crippen molar-refractivity contribution in [3.8, 4) is 5.75 Å². The lowest BCUT2D eigenvalue weighted by Gasteiger charge is -2.07. The number of benzene rings is 1. The fraction of sp³-hybridized carbons (Fsp3) is 0.200. The molecule has 0 atom stereocenters. The largest absolute Gasteiger partial charge is 0.507 e. The molecule has 0 unspecified atom stereocenters. The highest BCUT2D eigenvalue weighted by atomic mass is 16.3. The highest BCUT2D eigenvalue weighted by Crippen LogP contribution is 2.18. The number of rotatable bonds is 3. The maximum absolute atomic E-state index is 12.0. The summed E-state index contributed by atoms with van der Waals surface area (Å²) in [4.78, 5) is 16.1. The summed E-state index contributed by atoms with van der Waals surface area (Å²) in [5.74, 6) is -0.299. The quantitative estimate of drug-likeness (QED) is 0.886. The molecule has 1 heterocycles. The van der Waals surface area contributed by atoms with Gasteiger partial charge in [-0.15, -0.1) is 0 Å². The van der Waals surface area contributed by atoms with Crippen LogP contribution in [0.1, 0.15) is 27.2 Å². The van der Waals surface area contributed by atoms with Gasteiger partial charge in [0.1, 0.15) is 5.75 Å². The third-order valence-electron chi connectivity index (χ3n) is 2.82. The molecule has 4 nitrogen and oxygen atoms in total. The van der Waals surface area contributed by atoms with Crippen molar-refractivity contribution in [1.29, 1.82) is 0 Å². The van der Waals surface area contributed by atoms with Gasteiger partial charge >= 0.3 is 0 Å². The van der Waals surface area contributed by atoms with Crippen LogP contribution in [0.25, 0.3) is 0 Å². The third kappa shape index (κ3) is 3.31. The number of nitrogens with one attached hydrogen (secondary N) is 1. The molecule has 0 saturated heterocycles. The molecule has 2 rings (SSSR count). The van der Waals surface area contributed by atoms with Crippen molar-refractivity contribution in [3.63, 3.8) is 0 Å². The van der Waals surface area contributed by atoms with Gasteiger partial charge in [0.15, 0.2) is 0 Å². The predicted molar refractivity (Wildman–Crippen MR) is 73.0 cm³/mol. The van der Waals surface area contributed by atoms with Crippen LogP contribution in [0.4, 0.5) is 0 Å². The van der Waals surface area contributed by atoms with E-state index in [2.05, 4.69) is 10.3 Å². The molecule has 4 heteroatoms. The van der Waals surface area contributed by atoms with Crippen LogP contribution in [0.3, 0.4) is 0 Å². The lowest BCUT2D eigenvalue weighted by Crippen LogP contribution is -2.23. The fourth-order valence-electron chi connectivity index (χ4n) is 1.71. The molecule has 0 fully saturated rings. The van der Waals surface area contributed by atoms with Crippen molar-refractivity contribution < 1.29 is 9.90 Å². The average molecular weight is 256 g/mol. The van der Waals surface area contributed by atoms with E-state index in [0.29, 0.717) is 12.1 Å². The highest BCUT2D eigenvalue weighted by Gasteiger charge is 2.10. The van der Waals surface area contributed by atoms with Crippen LogP contribution in [0.5, 0.6) is 5.75 Å². The third-order valence-corrected chi connectivity index (χ3v) is 2.82. The summed E-state index contributed by atoms with van der Waals surface area (Å²) < 4.78 is 0. The zero-order valence-electron chi connectivity index (χ0n) is 11.0. The summed E-state index contributed by atoms with van der Waals surface area (Å²) in [7, 11) is 0. The molecule has 19 heavy (non-hydrogen) atoms. The van der Waals surface area contributed by atoms with Crippen LogP contribution in [-0.2, 0) is 6.54 Å². The van der Waals surface area contributed by atoms with Gasteiger partial charge in [-0.25, -0.2) is 0 Å². The van der Waals surface area contributed by atoms with Gasteiger partial charge in [-0.3, -0.25) is 9.78 Å². The number of carbonyl (C=O) groups excluding carboxylic acids is 1. The topological polar surface area (TPSA) is 62.2 Å². The molecule has 98 valence electrons. The number of carbonyl (C=O) groups is 1. The maximum atomic E-state index is 12.0. The number of pyridine rings is 1. The Morgan fingerprint density at radius 3 is 2.74 bits per heavy atom. The van der Waals surface area contributed by atoms with Crippen molar-refractivity contribution in [3.05, 3.63) is 58.9 Å². The minimum Gasteiger partial charge on any atom is -0.507 e. The Kier molecular flexibility index (Phi) is 3.80. The number of amides is 1. The minimum absolute atomic E-state index is 0.00914.